The fourth-order valence-electron chi connectivity index (χ4n) is 9.17. The molecule has 1 saturated heterocycles. The summed E-state index contributed by atoms with van der Waals surface area (Å²) in [6.45, 7) is 34.3. The number of aromatic hydroxyl groups is 4. The molecule has 0 aliphatic carbocycles. The fourth-order valence-corrected chi connectivity index (χ4v) is 9.17. The third kappa shape index (κ3) is 50.4. The SMILES string of the molecule is C.C.C.C.C.C.C=CCOC(=O)/C=C/c1ccc(C)c(C)c1.C=CCOC(=O)C(Cc1ccc(C)c(C)c1)OC(=O)/C=C/c1ccc(OCC=C)c(OCC=C)c1.CC1CCCO1.CO.Cc1ccc(/C=C/C(=O)O)cc1C.Cc1ccc(CC(OC(=O)/C=C/c2ccc(O)c(O)c2)C(=O)O)cc1C.O=C(O)/C=C/c1ccc(O)c(O)c1.[Na+].[OH-]. The zero-order chi connectivity index (χ0) is 83.0. The number of aliphatic hydroxyl groups is 1. The standard InChI is InChI=1S/C29H32O6.C20H20O6.C14H16O2.C11H12O2.C9H8O4.C5H10O.CH4O.6CH4.Na.H2O/c1-6-15-32-25-13-11-23(19-26(25)33-16-7-2)12-14-28(30)35-27(29(31)34-17-8-3)20-24-10-9-21(4)22(5)18-24;1-12-3-4-15(9-13(12)2)11-18(20(24)25)26-19(23)8-6-14-5-7-16(21)17(22)10-14;1-4-9-16-14(15)8-7-13-6-5-11(2)12(3)10-13;1-8-3-4-10(7-9(8)2)5-6-11(12)13;10-7-3-1-6(5-8(7)11)2-4-9(12)13;1-5-3-2-4-6-5;1-2;;;;;;;;/h6-14,18-19,27H,1-3,15-17,20H2,4-5H3;3-10,18,21-22H,11H2,1-2H3,(H,24,25);4-8,10H,1,9H2,2-3H3;3-7H,1-2H3,(H,12,13);1-5,10-11H,(H,12,13);5H,2-4H2,1H3;2H,1H3;6*1H4;;1H2/q;;;;;;;;;;;;;+1;/p-1/b14-12+;8-6+;8-7+;6-5+;4-2+;;;;;;;;;;. The minimum atomic E-state index is -1.30. The van der Waals surface area contributed by atoms with Crippen molar-refractivity contribution in [2.75, 3.05) is 40.1 Å². The van der Waals surface area contributed by atoms with Gasteiger partial charge in [0.05, 0.1) is 6.10 Å². The number of aliphatic carboxylic acids is 3. The Hall–Kier alpha value is -11.8. The number of benzene rings is 7. The summed E-state index contributed by atoms with van der Waals surface area (Å²) in [5.74, 6) is -5.72. The first-order valence-electron chi connectivity index (χ1n) is 34.9. The van der Waals surface area contributed by atoms with E-state index in [9.17, 15) is 48.9 Å². The maximum atomic E-state index is 12.6. The molecular formula is C95H127NaO23. The third-order valence-corrected chi connectivity index (χ3v) is 15.7. The van der Waals surface area contributed by atoms with Gasteiger partial charge in [0, 0.05) is 56.9 Å². The second kappa shape index (κ2) is 67.2. The number of carbonyl (C=O) groups is 7. The molecule has 8 rings (SSSR count). The van der Waals surface area contributed by atoms with E-state index in [1.807, 2.05) is 115 Å². The number of rotatable bonds is 28. The Kier molecular flexibility index (Phi) is 68.0. The van der Waals surface area contributed by atoms with Gasteiger partial charge in [0.2, 0.25) is 12.2 Å². The molecule has 1 aliphatic rings. The monoisotopic (exact) mass is 1660 g/mol. The molecule has 119 heavy (non-hydrogen) atoms. The summed E-state index contributed by atoms with van der Waals surface area (Å²) < 4.78 is 36.8. The van der Waals surface area contributed by atoms with Crippen LogP contribution in [-0.2, 0) is 70.1 Å². The minimum absolute atomic E-state index is 0. The van der Waals surface area contributed by atoms with E-state index in [4.69, 9.17) is 58.7 Å². The van der Waals surface area contributed by atoms with Crippen LogP contribution >= 0.6 is 0 Å². The van der Waals surface area contributed by atoms with Gasteiger partial charge in [-0.2, -0.15) is 0 Å². The van der Waals surface area contributed by atoms with Crippen molar-refractivity contribution in [1.82, 2.24) is 0 Å². The van der Waals surface area contributed by atoms with E-state index in [1.54, 1.807) is 60.7 Å². The molecule has 1 fully saturated rings. The summed E-state index contributed by atoms with van der Waals surface area (Å²) in [5, 5.41) is 69.6. The van der Waals surface area contributed by atoms with Crippen LogP contribution in [0.15, 0.2) is 208 Å². The van der Waals surface area contributed by atoms with Gasteiger partial charge in [0.25, 0.3) is 0 Å². The molecule has 1 heterocycles. The number of aliphatic hydroxyl groups excluding tert-OH is 1. The van der Waals surface area contributed by atoms with Crippen LogP contribution in [0.2, 0.25) is 0 Å². The van der Waals surface area contributed by atoms with Gasteiger partial charge in [-0.3, -0.25) is 0 Å². The van der Waals surface area contributed by atoms with Gasteiger partial charge in [-0.05, 0) is 225 Å². The molecule has 646 valence electrons. The first-order chi connectivity index (χ1) is 52.8. The van der Waals surface area contributed by atoms with Crippen molar-refractivity contribution in [3.63, 3.8) is 0 Å². The van der Waals surface area contributed by atoms with Crippen molar-refractivity contribution in [1.29, 1.82) is 0 Å². The smallest absolute Gasteiger partial charge is 0.870 e. The molecule has 0 radical (unpaired) electrons. The Bertz CT molecular complexity index is 4330. The van der Waals surface area contributed by atoms with Crippen LogP contribution in [0.4, 0.5) is 0 Å². The number of phenolic OH excluding ortho intramolecular Hbond substituents is 4. The van der Waals surface area contributed by atoms with E-state index in [2.05, 4.69) is 40.2 Å². The largest absolute Gasteiger partial charge is 1.00 e. The second-order valence-electron chi connectivity index (χ2n) is 24.5. The summed E-state index contributed by atoms with van der Waals surface area (Å²) in [5.41, 5.74) is 14.4. The molecule has 0 saturated carbocycles. The van der Waals surface area contributed by atoms with Gasteiger partial charge >= 0.3 is 71.3 Å². The number of esters is 4. The van der Waals surface area contributed by atoms with Crippen molar-refractivity contribution in [3.05, 3.63) is 292 Å². The van der Waals surface area contributed by atoms with Gasteiger partial charge in [-0.25, -0.2) is 33.6 Å². The molecule has 3 unspecified atom stereocenters. The van der Waals surface area contributed by atoms with Crippen LogP contribution in [-0.4, -0.2) is 147 Å². The van der Waals surface area contributed by atoms with Crippen LogP contribution in [0.5, 0.6) is 34.5 Å². The topological polar surface area (TPSA) is 376 Å². The molecule has 3 atom stereocenters. The summed E-state index contributed by atoms with van der Waals surface area (Å²) in [6, 6.07) is 36.6. The van der Waals surface area contributed by atoms with Gasteiger partial charge in [-0.1, -0.05) is 186 Å². The van der Waals surface area contributed by atoms with Crippen LogP contribution in [0.3, 0.4) is 0 Å². The van der Waals surface area contributed by atoms with Crippen molar-refractivity contribution in [2.24, 2.45) is 0 Å². The van der Waals surface area contributed by atoms with Crippen LogP contribution < -0.4 is 39.0 Å². The number of carboxylic acids is 3. The molecule has 0 bridgehead atoms. The Labute approximate surface area is 727 Å². The average molecular weight is 1660 g/mol. The van der Waals surface area contributed by atoms with E-state index in [0.717, 1.165) is 76.5 Å². The summed E-state index contributed by atoms with van der Waals surface area (Å²) in [7, 11) is 1.00. The predicted molar refractivity (Wildman–Crippen MR) is 474 cm³/mol. The molecule has 0 amide bonds. The second-order valence-corrected chi connectivity index (χ2v) is 24.5. The normalized spacial score (nSPS) is 11.5. The first kappa shape index (κ1) is 120. The zero-order valence-corrected chi connectivity index (χ0v) is 67.9. The molecule has 1 aliphatic heterocycles. The van der Waals surface area contributed by atoms with E-state index >= 15 is 0 Å². The van der Waals surface area contributed by atoms with Gasteiger partial charge in [-0.15, -0.1) is 0 Å². The van der Waals surface area contributed by atoms with E-state index < -0.39 is 48.0 Å². The number of phenols is 4. The van der Waals surface area contributed by atoms with Crippen molar-refractivity contribution in [3.8, 4) is 34.5 Å². The predicted octanol–water partition coefficient (Wildman–Crippen LogP) is 16.4. The first-order valence-corrected chi connectivity index (χ1v) is 34.9. The molecule has 23 nitrogen and oxygen atoms in total. The summed E-state index contributed by atoms with van der Waals surface area (Å²) >= 11 is 0. The van der Waals surface area contributed by atoms with Gasteiger partial charge in [0.1, 0.15) is 26.4 Å². The molecular weight excluding hydrogens is 1530 g/mol. The third-order valence-electron chi connectivity index (χ3n) is 15.7. The minimum Gasteiger partial charge on any atom is -0.870 e. The number of ether oxygens (including phenoxy) is 7. The Balaban J connectivity index is -0.000000265. The number of hydrogen-bond donors (Lipinski definition) is 8. The molecule has 7 aromatic carbocycles. The number of hydrogen-bond acceptors (Lipinski definition) is 20. The molecule has 0 spiro atoms. The van der Waals surface area contributed by atoms with Crippen LogP contribution in [0, 0.1) is 55.4 Å². The Morgan fingerprint density at radius 1 is 0.412 bits per heavy atom. The Morgan fingerprint density at radius 2 is 0.748 bits per heavy atom. The maximum Gasteiger partial charge on any atom is 1.00 e. The van der Waals surface area contributed by atoms with Crippen LogP contribution in [0.25, 0.3) is 30.4 Å². The molecule has 9 N–H and O–H groups in total. The number of carboxylic acid groups (broad SMARTS) is 3. The van der Waals surface area contributed by atoms with E-state index in [0.29, 0.717) is 47.5 Å². The van der Waals surface area contributed by atoms with Gasteiger partial charge in [0.15, 0.2) is 34.5 Å². The Morgan fingerprint density at radius 3 is 1.10 bits per heavy atom. The van der Waals surface area contributed by atoms with Crippen LogP contribution in [0.1, 0.15) is 148 Å². The average Bonchev–Trinajstić information content (AvgIpc) is 0.969. The van der Waals surface area contributed by atoms with Crippen molar-refractivity contribution < 1.29 is 143 Å². The van der Waals surface area contributed by atoms with E-state index in [1.165, 1.54) is 102 Å². The molecule has 0 aromatic heterocycles. The number of carbonyl (C=O) groups excluding carboxylic acids is 4. The van der Waals surface area contributed by atoms with Crippen molar-refractivity contribution >= 4 is 72.2 Å². The van der Waals surface area contributed by atoms with Crippen molar-refractivity contribution in [2.45, 2.75) is 151 Å². The summed E-state index contributed by atoms with van der Waals surface area (Å²) in [6.07, 6.45) is 20.6. The quantitative estimate of drug-likeness (QED) is 0.00564. The molecule has 24 heteroatoms. The fraction of sp³-hybridized carbons (Fsp3) is 0.295. The zero-order valence-electron chi connectivity index (χ0n) is 65.9. The number of aryl methyl sites for hydroxylation is 8. The summed E-state index contributed by atoms with van der Waals surface area (Å²) in [4.78, 5) is 79.9. The molecule has 7 aromatic rings. The van der Waals surface area contributed by atoms with Gasteiger partial charge < -0.3 is 79.5 Å². The maximum absolute atomic E-state index is 12.6. The van der Waals surface area contributed by atoms with E-state index in [-0.39, 0.29) is 135 Å².